The molecule has 1 aromatic carbocycles. The number of nitrogens with zero attached hydrogens (tertiary/aromatic N) is 1. The molecule has 0 N–H and O–H groups in total. The number of hydrogen-bond donors (Lipinski definition) is 0. The first-order valence-corrected chi connectivity index (χ1v) is 6.54. The van der Waals surface area contributed by atoms with Crippen molar-refractivity contribution in [3.8, 4) is 0 Å². The summed E-state index contributed by atoms with van der Waals surface area (Å²) in [5.41, 5.74) is 5.84. The highest BCUT2D eigenvalue weighted by molar-refractivity contribution is 5.99. The quantitative estimate of drug-likeness (QED) is 0.516. The lowest BCUT2D eigenvalue weighted by Gasteiger charge is -2.06. The molecule has 1 nitrogen and oxygen atoms in total. The Bertz CT molecular complexity index is 490. The lowest BCUT2D eigenvalue weighted by molar-refractivity contribution is 1.16. The van der Waals surface area contributed by atoms with Gasteiger partial charge < -0.3 is 0 Å². The van der Waals surface area contributed by atoms with Gasteiger partial charge in [0.2, 0.25) is 0 Å². The molecule has 1 rings (SSSR count). The van der Waals surface area contributed by atoms with E-state index in [9.17, 15) is 0 Å². The Morgan fingerprint density at radius 1 is 1.28 bits per heavy atom. The van der Waals surface area contributed by atoms with Gasteiger partial charge in [-0.05, 0) is 45.3 Å². The van der Waals surface area contributed by atoms with Crippen LogP contribution in [0.5, 0.6) is 0 Å². The summed E-state index contributed by atoms with van der Waals surface area (Å²) in [6.07, 6.45) is 5.32. The zero-order chi connectivity index (χ0) is 13.5. The highest BCUT2D eigenvalue weighted by Gasteiger charge is 2.01. The molecule has 0 heterocycles. The van der Waals surface area contributed by atoms with Gasteiger partial charge in [-0.2, -0.15) is 0 Å². The molecule has 1 aromatic rings. The van der Waals surface area contributed by atoms with Crippen LogP contribution in [-0.4, -0.2) is 5.71 Å². The van der Waals surface area contributed by atoms with Crippen LogP contribution in [0.15, 0.2) is 52.7 Å². The normalized spacial score (nSPS) is 13.9. The Kier molecular flexibility index (Phi) is 5.57. The van der Waals surface area contributed by atoms with E-state index in [1.165, 1.54) is 16.7 Å². The molecule has 1 heteroatoms. The number of aryl methyl sites for hydroxylation is 1. The van der Waals surface area contributed by atoms with E-state index in [1.54, 1.807) is 0 Å². The van der Waals surface area contributed by atoms with Crippen LogP contribution in [0.25, 0.3) is 0 Å². The predicted molar refractivity (Wildman–Crippen MR) is 81.2 cm³/mol. The standard InChI is InChI=1S/C17H23N/c1-6-9-14(4)17(7-2)18-15(5)16-11-8-10-13(3)12-16/h7-12H,6H2,1-5H3/b14-9+,17-7-,18-15+. The third-order valence-corrected chi connectivity index (χ3v) is 2.91. The van der Waals surface area contributed by atoms with Crippen LogP contribution in [0.2, 0.25) is 0 Å². The molecule has 0 aliphatic heterocycles. The summed E-state index contributed by atoms with van der Waals surface area (Å²) in [5.74, 6) is 0. The van der Waals surface area contributed by atoms with Crippen molar-refractivity contribution >= 4 is 5.71 Å². The third kappa shape index (κ3) is 3.99. The van der Waals surface area contributed by atoms with E-state index in [1.807, 2.05) is 6.92 Å². The van der Waals surface area contributed by atoms with Gasteiger partial charge in [0, 0.05) is 5.71 Å². The average molecular weight is 241 g/mol. The number of rotatable bonds is 4. The van der Waals surface area contributed by atoms with Crippen LogP contribution in [0, 0.1) is 6.92 Å². The Hall–Kier alpha value is -1.63. The maximum absolute atomic E-state index is 4.73. The van der Waals surface area contributed by atoms with Gasteiger partial charge in [0.05, 0.1) is 5.70 Å². The zero-order valence-electron chi connectivity index (χ0n) is 12.1. The van der Waals surface area contributed by atoms with E-state index < -0.39 is 0 Å². The fourth-order valence-corrected chi connectivity index (χ4v) is 1.91. The monoisotopic (exact) mass is 241 g/mol. The average Bonchev–Trinajstić information content (AvgIpc) is 2.35. The molecule has 0 aliphatic rings. The van der Waals surface area contributed by atoms with Crippen molar-refractivity contribution in [2.75, 3.05) is 0 Å². The summed E-state index contributed by atoms with van der Waals surface area (Å²) in [5, 5.41) is 0. The van der Waals surface area contributed by atoms with E-state index >= 15 is 0 Å². The van der Waals surface area contributed by atoms with Gasteiger partial charge in [-0.25, -0.2) is 0 Å². The summed E-state index contributed by atoms with van der Waals surface area (Å²) in [6, 6.07) is 8.46. The number of hydrogen-bond acceptors (Lipinski definition) is 1. The molecule has 0 amide bonds. The fraction of sp³-hybridized carbons (Fsp3) is 0.353. The molecular formula is C17H23N. The van der Waals surface area contributed by atoms with Crippen molar-refractivity contribution in [3.63, 3.8) is 0 Å². The molecule has 0 saturated carbocycles. The molecule has 0 bridgehead atoms. The summed E-state index contributed by atoms with van der Waals surface area (Å²) in [7, 11) is 0. The predicted octanol–water partition coefficient (Wildman–Crippen LogP) is 5.06. The van der Waals surface area contributed by atoms with Crippen LogP contribution < -0.4 is 0 Å². The maximum atomic E-state index is 4.73. The number of aliphatic imine (C=N–C) groups is 1. The van der Waals surface area contributed by atoms with E-state index in [4.69, 9.17) is 4.99 Å². The second-order valence-corrected chi connectivity index (χ2v) is 4.54. The van der Waals surface area contributed by atoms with Crippen molar-refractivity contribution in [2.45, 2.75) is 41.0 Å². The van der Waals surface area contributed by atoms with E-state index in [0.29, 0.717) is 0 Å². The Balaban J connectivity index is 3.05. The second kappa shape index (κ2) is 6.95. The van der Waals surface area contributed by atoms with Gasteiger partial charge in [-0.1, -0.05) is 48.9 Å². The number of allylic oxidation sites excluding steroid dienone is 3. The molecular weight excluding hydrogens is 218 g/mol. The minimum absolute atomic E-state index is 1.04. The van der Waals surface area contributed by atoms with E-state index in [-0.39, 0.29) is 0 Å². The minimum atomic E-state index is 1.04. The smallest absolute Gasteiger partial charge is 0.0616 e. The van der Waals surface area contributed by atoms with Crippen LogP contribution in [0.1, 0.15) is 45.2 Å². The molecule has 0 spiro atoms. The third-order valence-electron chi connectivity index (χ3n) is 2.91. The molecule has 0 fully saturated rings. The zero-order valence-corrected chi connectivity index (χ0v) is 12.1. The maximum Gasteiger partial charge on any atom is 0.0616 e. The largest absolute Gasteiger partial charge is 0.253 e. The topological polar surface area (TPSA) is 12.4 Å². The molecule has 0 unspecified atom stereocenters. The molecule has 96 valence electrons. The summed E-state index contributed by atoms with van der Waals surface area (Å²) < 4.78 is 0. The van der Waals surface area contributed by atoms with Crippen molar-refractivity contribution in [3.05, 3.63) is 58.8 Å². The lowest BCUT2D eigenvalue weighted by atomic mass is 10.1. The molecule has 0 aromatic heterocycles. The molecule has 0 saturated heterocycles. The van der Waals surface area contributed by atoms with Crippen LogP contribution in [0.4, 0.5) is 0 Å². The van der Waals surface area contributed by atoms with Gasteiger partial charge >= 0.3 is 0 Å². The molecule has 18 heavy (non-hydrogen) atoms. The van der Waals surface area contributed by atoms with Crippen LogP contribution in [0.3, 0.4) is 0 Å². The van der Waals surface area contributed by atoms with Crippen molar-refractivity contribution in [2.24, 2.45) is 4.99 Å². The molecule has 0 aliphatic carbocycles. The van der Waals surface area contributed by atoms with Crippen molar-refractivity contribution in [1.82, 2.24) is 0 Å². The van der Waals surface area contributed by atoms with Gasteiger partial charge in [0.1, 0.15) is 0 Å². The highest BCUT2D eigenvalue weighted by Crippen LogP contribution is 2.14. The highest BCUT2D eigenvalue weighted by atomic mass is 14.8. The SMILES string of the molecule is C/C=C(\N=C(/C)c1cccc(C)c1)C(/C)=C/CC. The van der Waals surface area contributed by atoms with Crippen molar-refractivity contribution in [1.29, 1.82) is 0 Å². The second-order valence-electron chi connectivity index (χ2n) is 4.54. The molecule has 0 radical (unpaired) electrons. The van der Waals surface area contributed by atoms with Gasteiger partial charge in [-0.15, -0.1) is 0 Å². The first kappa shape index (κ1) is 14.4. The first-order chi connectivity index (χ1) is 8.58. The van der Waals surface area contributed by atoms with Crippen LogP contribution >= 0.6 is 0 Å². The molecule has 0 atom stereocenters. The first-order valence-electron chi connectivity index (χ1n) is 6.54. The summed E-state index contributed by atoms with van der Waals surface area (Å²) in [6.45, 7) is 10.5. The minimum Gasteiger partial charge on any atom is -0.253 e. The Morgan fingerprint density at radius 3 is 2.56 bits per heavy atom. The fourth-order valence-electron chi connectivity index (χ4n) is 1.91. The summed E-state index contributed by atoms with van der Waals surface area (Å²) >= 11 is 0. The lowest BCUT2D eigenvalue weighted by Crippen LogP contribution is -1.96. The van der Waals surface area contributed by atoms with Gasteiger partial charge in [-0.3, -0.25) is 4.99 Å². The van der Waals surface area contributed by atoms with E-state index in [0.717, 1.165) is 17.8 Å². The van der Waals surface area contributed by atoms with Gasteiger partial charge in [0.15, 0.2) is 0 Å². The Labute approximate surface area is 111 Å². The van der Waals surface area contributed by atoms with Crippen LogP contribution in [-0.2, 0) is 0 Å². The van der Waals surface area contributed by atoms with Gasteiger partial charge in [0.25, 0.3) is 0 Å². The van der Waals surface area contributed by atoms with Crippen molar-refractivity contribution < 1.29 is 0 Å². The Morgan fingerprint density at radius 2 is 2.00 bits per heavy atom. The van der Waals surface area contributed by atoms with E-state index in [2.05, 4.69) is 64.1 Å². The summed E-state index contributed by atoms with van der Waals surface area (Å²) in [4.78, 5) is 4.73. The number of benzene rings is 1.